The van der Waals surface area contributed by atoms with Crippen LogP contribution in [-0.4, -0.2) is 18.8 Å². The molecule has 0 aromatic heterocycles. The zero-order valence-electron chi connectivity index (χ0n) is 4.26. The van der Waals surface area contributed by atoms with Crippen LogP contribution in [0.1, 0.15) is 6.92 Å². The Morgan fingerprint density at radius 2 is 2.14 bits per heavy atom. The number of halogens is 1. The predicted molar refractivity (Wildman–Crippen MR) is 30.6 cm³/mol. The van der Waals surface area contributed by atoms with Crippen molar-refractivity contribution in [2.24, 2.45) is 5.73 Å². The molecule has 1 fully saturated rings. The van der Waals surface area contributed by atoms with E-state index in [9.17, 15) is 0 Å². The third kappa shape index (κ3) is 1.30. The van der Waals surface area contributed by atoms with Crippen molar-refractivity contribution in [2.75, 3.05) is 6.61 Å². The first kappa shape index (κ1) is 7.21. The molecule has 1 aliphatic rings. The Morgan fingerprint density at radius 1 is 1.71 bits per heavy atom. The fraction of sp³-hybridized carbons (Fsp3) is 1.00. The Labute approximate surface area is 49.4 Å². The molecule has 0 amide bonds. The lowest BCUT2D eigenvalue weighted by Crippen LogP contribution is -2.49. The Hall–Kier alpha value is 0.210. The molecule has 2 unspecified atom stereocenters. The van der Waals surface area contributed by atoms with Gasteiger partial charge in [-0.15, -0.1) is 12.4 Å². The number of hydrogen-bond acceptors (Lipinski definition) is 2. The zero-order chi connectivity index (χ0) is 4.57. The molecule has 2 nitrogen and oxygen atoms in total. The highest BCUT2D eigenvalue weighted by molar-refractivity contribution is 5.85. The number of rotatable bonds is 0. The topological polar surface area (TPSA) is 35.2 Å². The Morgan fingerprint density at radius 3 is 2.14 bits per heavy atom. The Bertz CT molecular complexity index is 51.7. The van der Waals surface area contributed by atoms with Crippen molar-refractivity contribution in [1.82, 2.24) is 0 Å². The van der Waals surface area contributed by atoms with E-state index in [4.69, 9.17) is 10.5 Å². The average molecular weight is 124 g/mol. The van der Waals surface area contributed by atoms with Crippen molar-refractivity contribution < 1.29 is 4.74 Å². The van der Waals surface area contributed by atoms with Gasteiger partial charge in [0.15, 0.2) is 0 Å². The molecule has 0 radical (unpaired) electrons. The van der Waals surface area contributed by atoms with Crippen molar-refractivity contribution in [2.45, 2.75) is 19.1 Å². The van der Waals surface area contributed by atoms with Crippen molar-refractivity contribution >= 4 is 12.4 Å². The van der Waals surface area contributed by atoms with Crippen LogP contribution >= 0.6 is 12.4 Å². The van der Waals surface area contributed by atoms with E-state index < -0.39 is 0 Å². The number of nitrogens with two attached hydrogens (primary N) is 1. The zero-order valence-corrected chi connectivity index (χ0v) is 5.07. The maximum Gasteiger partial charge on any atom is 0.0721 e. The monoisotopic (exact) mass is 123 g/mol. The van der Waals surface area contributed by atoms with Crippen LogP contribution in [0, 0.1) is 0 Å². The van der Waals surface area contributed by atoms with Crippen LogP contribution in [-0.2, 0) is 4.74 Å². The minimum absolute atomic E-state index is 0. The standard InChI is InChI=1S/C4H9NO.ClH/c1-3-4(5)2-6-3;/h3-4H,2,5H2,1H3;1H. The van der Waals surface area contributed by atoms with Gasteiger partial charge in [-0.25, -0.2) is 0 Å². The van der Waals surface area contributed by atoms with Gasteiger partial charge in [0.1, 0.15) is 0 Å². The van der Waals surface area contributed by atoms with Crippen LogP contribution < -0.4 is 5.73 Å². The summed E-state index contributed by atoms with van der Waals surface area (Å²) in [5.41, 5.74) is 5.40. The maximum atomic E-state index is 5.40. The molecule has 2 atom stereocenters. The lowest BCUT2D eigenvalue weighted by molar-refractivity contribution is -0.0601. The van der Waals surface area contributed by atoms with Crippen LogP contribution in [0.5, 0.6) is 0 Å². The summed E-state index contributed by atoms with van der Waals surface area (Å²) in [4.78, 5) is 0. The molecule has 0 aliphatic carbocycles. The molecule has 0 aromatic carbocycles. The lowest BCUT2D eigenvalue weighted by Gasteiger charge is -2.30. The second-order valence-corrected chi connectivity index (χ2v) is 1.70. The van der Waals surface area contributed by atoms with E-state index in [1.54, 1.807) is 0 Å². The van der Waals surface area contributed by atoms with Crippen molar-refractivity contribution in [1.29, 1.82) is 0 Å². The molecule has 3 heteroatoms. The fourth-order valence-corrected chi connectivity index (χ4v) is 0.400. The summed E-state index contributed by atoms with van der Waals surface area (Å²) in [7, 11) is 0. The van der Waals surface area contributed by atoms with Gasteiger partial charge in [-0.1, -0.05) is 0 Å². The lowest BCUT2D eigenvalue weighted by atomic mass is 10.1. The molecule has 0 saturated carbocycles. The molecule has 2 N–H and O–H groups in total. The van der Waals surface area contributed by atoms with Gasteiger partial charge in [0, 0.05) is 0 Å². The normalized spacial score (nSPS) is 38.6. The highest BCUT2D eigenvalue weighted by Crippen LogP contribution is 2.06. The van der Waals surface area contributed by atoms with E-state index in [2.05, 4.69) is 0 Å². The van der Waals surface area contributed by atoms with Crippen LogP contribution in [0.25, 0.3) is 0 Å². The van der Waals surface area contributed by atoms with Gasteiger partial charge in [0.05, 0.1) is 18.8 Å². The predicted octanol–water partition coefficient (Wildman–Crippen LogP) is 0.154. The summed E-state index contributed by atoms with van der Waals surface area (Å²) in [6.07, 6.45) is 0.310. The van der Waals surface area contributed by atoms with Crippen LogP contribution in [0.15, 0.2) is 0 Å². The summed E-state index contributed by atoms with van der Waals surface area (Å²) < 4.78 is 4.92. The molecule has 44 valence electrons. The molecule has 7 heavy (non-hydrogen) atoms. The van der Waals surface area contributed by atoms with Crippen molar-refractivity contribution in [3.05, 3.63) is 0 Å². The van der Waals surface area contributed by atoms with Gasteiger partial charge >= 0.3 is 0 Å². The Balaban J connectivity index is 0.000000360. The third-order valence-corrected chi connectivity index (χ3v) is 1.15. The highest BCUT2D eigenvalue weighted by atomic mass is 35.5. The largest absolute Gasteiger partial charge is 0.375 e. The highest BCUT2D eigenvalue weighted by Gasteiger charge is 2.22. The quantitative estimate of drug-likeness (QED) is 0.498. The first-order valence-corrected chi connectivity index (χ1v) is 2.18. The minimum Gasteiger partial charge on any atom is -0.375 e. The molecular formula is C4H10ClNO. The fourth-order valence-electron chi connectivity index (χ4n) is 0.400. The molecule has 1 heterocycles. The maximum absolute atomic E-state index is 5.40. The van der Waals surface area contributed by atoms with E-state index in [0.29, 0.717) is 12.1 Å². The van der Waals surface area contributed by atoms with Crippen LogP contribution in [0.4, 0.5) is 0 Å². The molecule has 1 rings (SSSR count). The Kier molecular flexibility index (Phi) is 2.58. The first-order valence-electron chi connectivity index (χ1n) is 2.18. The summed E-state index contributed by atoms with van der Waals surface area (Å²) >= 11 is 0. The smallest absolute Gasteiger partial charge is 0.0721 e. The van der Waals surface area contributed by atoms with E-state index >= 15 is 0 Å². The van der Waals surface area contributed by atoms with Crippen LogP contribution in [0.2, 0.25) is 0 Å². The SMILES string of the molecule is CC1OCC1N.Cl. The molecule has 1 saturated heterocycles. The summed E-state index contributed by atoms with van der Waals surface area (Å²) in [5.74, 6) is 0. The van der Waals surface area contributed by atoms with E-state index in [0.717, 1.165) is 6.61 Å². The first-order chi connectivity index (χ1) is 2.80. The second-order valence-electron chi connectivity index (χ2n) is 1.70. The number of hydrogen-bond donors (Lipinski definition) is 1. The van der Waals surface area contributed by atoms with Gasteiger partial charge in [-0.3, -0.25) is 0 Å². The molecule has 0 aromatic rings. The molecule has 1 aliphatic heterocycles. The molecule has 0 bridgehead atoms. The molecular weight excluding hydrogens is 114 g/mol. The summed E-state index contributed by atoms with van der Waals surface area (Å²) in [5, 5.41) is 0. The van der Waals surface area contributed by atoms with Crippen molar-refractivity contribution in [3.63, 3.8) is 0 Å². The summed E-state index contributed by atoms with van der Waals surface area (Å²) in [6, 6.07) is 0.310. The van der Waals surface area contributed by atoms with E-state index in [1.807, 2.05) is 6.92 Å². The third-order valence-electron chi connectivity index (χ3n) is 1.15. The van der Waals surface area contributed by atoms with E-state index in [-0.39, 0.29) is 12.4 Å². The second kappa shape index (κ2) is 2.50. The van der Waals surface area contributed by atoms with Crippen LogP contribution in [0.3, 0.4) is 0 Å². The van der Waals surface area contributed by atoms with Gasteiger partial charge in [-0.05, 0) is 6.92 Å². The van der Waals surface area contributed by atoms with Gasteiger partial charge in [0.2, 0.25) is 0 Å². The van der Waals surface area contributed by atoms with Gasteiger partial charge < -0.3 is 10.5 Å². The molecule has 0 spiro atoms. The van der Waals surface area contributed by atoms with Gasteiger partial charge in [-0.2, -0.15) is 0 Å². The van der Waals surface area contributed by atoms with E-state index in [1.165, 1.54) is 0 Å². The average Bonchev–Trinajstić information content (AvgIpc) is 1.61. The van der Waals surface area contributed by atoms with Gasteiger partial charge in [0.25, 0.3) is 0 Å². The van der Waals surface area contributed by atoms with Crippen molar-refractivity contribution in [3.8, 4) is 0 Å². The number of ether oxygens (including phenoxy) is 1. The summed E-state index contributed by atoms with van der Waals surface area (Å²) in [6.45, 7) is 2.73. The minimum atomic E-state index is 0.